The molecule has 0 radical (unpaired) electrons. The van der Waals surface area contributed by atoms with Crippen LogP contribution in [0.25, 0.3) is 11.1 Å². The Morgan fingerprint density at radius 2 is 1.88 bits per heavy atom. The summed E-state index contributed by atoms with van der Waals surface area (Å²) in [4.78, 5) is 6.16. The van der Waals surface area contributed by atoms with Crippen molar-refractivity contribution in [3.05, 3.63) is 61.6 Å². The van der Waals surface area contributed by atoms with Crippen LogP contribution in [0.2, 0.25) is 10.0 Å². The van der Waals surface area contributed by atoms with Crippen molar-refractivity contribution in [2.45, 2.75) is 26.3 Å². The summed E-state index contributed by atoms with van der Waals surface area (Å²) < 4.78 is 0.991. The Kier molecular flexibility index (Phi) is 4.19. The number of hydrogen-bond donors (Lipinski definition) is 1. The van der Waals surface area contributed by atoms with Crippen LogP contribution in [-0.2, 0) is 5.54 Å². The van der Waals surface area contributed by atoms with E-state index in [0.29, 0.717) is 10.0 Å². The van der Waals surface area contributed by atoms with Gasteiger partial charge in [-0.2, -0.15) is 0 Å². The maximum Gasteiger partial charge on any atom is 0.135 e. The Balaban J connectivity index is 2.00. The number of anilines is 1. The van der Waals surface area contributed by atoms with Gasteiger partial charge in [0.05, 0.1) is 21.1 Å². The Morgan fingerprint density at radius 3 is 2.64 bits per heavy atom. The first-order valence-corrected chi connectivity index (χ1v) is 10.8. The van der Waals surface area contributed by atoms with Gasteiger partial charge < -0.3 is 5.32 Å². The number of fused-ring (bicyclic) bond motifs is 3. The van der Waals surface area contributed by atoms with Crippen molar-refractivity contribution >= 4 is 55.3 Å². The minimum absolute atomic E-state index is 0.132. The van der Waals surface area contributed by atoms with E-state index in [1.165, 1.54) is 27.3 Å². The molecule has 0 atom stereocenters. The quantitative estimate of drug-likeness (QED) is 0.432. The van der Waals surface area contributed by atoms with E-state index in [-0.39, 0.29) is 5.54 Å². The number of para-hydroxylation sites is 1. The molecule has 0 saturated carbocycles. The molecule has 2 aromatic carbocycles. The van der Waals surface area contributed by atoms with Crippen LogP contribution in [0.3, 0.4) is 0 Å². The van der Waals surface area contributed by atoms with Gasteiger partial charge in [-0.1, -0.05) is 62.1 Å². The molecule has 6 heteroatoms. The third kappa shape index (κ3) is 2.91. The van der Waals surface area contributed by atoms with Crippen LogP contribution >= 0.6 is 43.9 Å². The number of aryl methyl sites for hydroxylation is 1. The van der Waals surface area contributed by atoms with Gasteiger partial charge in [-0.25, -0.2) is 4.99 Å². The summed E-state index contributed by atoms with van der Waals surface area (Å²) in [6.07, 6.45) is 0. The largest absolute Gasteiger partial charge is 0.374 e. The molecule has 0 unspecified atom stereocenters. The first kappa shape index (κ1) is 17.1. The lowest BCUT2D eigenvalue weighted by Gasteiger charge is -2.34. The van der Waals surface area contributed by atoms with E-state index in [4.69, 9.17) is 28.2 Å². The zero-order chi connectivity index (χ0) is 17.8. The number of benzene rings is 2. The van der Waals surface area contributed by atoms with Crippen molar-refractivity contribution in [3.63, 3.8) is 0 Å². The van der Waals surface area contributed by atoms with Crippen molar-refractivity contribution in [2.75, 3.05) is 5.32 Å². The third-order valence-corrected chi connectivity index (χ3v) is 7.50. The molecular formula is C19H16Cl2N2S2. The molecule has 4 rings (SSSR count). The van der Waals surface area contributed by atoms with Crippen LogP contribution in [0.15, 0.2) is 41.4 Å². The highest BCUT2D eigenvalue weighted by atomic mass is 35.5. The van der Waals surface area contributed by atoms with E-state index in [1.54, 1.807) is 26.7 Å². The van der Waals surface area contributed by atoms with Gasteiger partial charge in [0, 0.05) is 21.8 Å². The van der Waals surface area contributed by atoms with Crippen LogP contribution < -0.4 is 9.99 Å². The number of rotatable bonds is 1. The minimum Gasteiger partial charge on any atom is -0.374 e. The lowest BCUT2D eigenvalue weighted by molar-refractivity contribution is 0.618. The van der Waals surface area contributed by atoms with Gasteiger partial charge in [-0.05, 0) is 44.5 Å². The molecule has 2 nitrogen and oxygen atoms in total. The highest BCUT2D eigenvalue weighted by Crippen LogP contribution is 2.46. The van der Waals surface area contributed by atoms with Crippen molar-refractivity contribution < 1.29 is 0 Å². The number of nitrogens with zero attached hydrogens (tertiary/aromatic N) is 1. The molecule has 0 fully saturated rings. The van der Waals surface area contributed by atoms with Crippen LogP contribution in [0, 0.1) is 6.92 Å². The molecule has 1 aliphatic heterocycles. The van der Waals surface area contributed by atoms with E-state index >= 15 is 0 Å². The molecule has 0 saturated heterocycles. The number of hydrogen-bond acceptors (Lipinski definition) is 4. The fraction of sp³-hybridized carbons (Fsp3) is 0.211. The van der Waals surface area contributed by atoms with Crippen molar-refractivity contribution in [1.82, 2.24) is 0 Å². The fourth-order valence-electron chi connectivity index (χ4n) is 3.08. The normalized spacial score (nSPS) is 15.5. The average Bonchev–Trinajstić information content (AvgIpc) is 2.96. The standard InChI is InChI=1S/C19H16Cl2N2S2/c1-10-5-4-6-12-15-17(19(2,3)23-16(10)12)24-25-18(15)22-14-8-7-11(20)9-13(14)21/h4-9,23H,1-3H3. The second-order valence-electron chi connectivity index (χ2n) is 6.63. The molecule has 1 aliphatic rings. The van der Waals surface area contributed by atoms with Crippen LogP contribution in [0.4, 0.5) is 11.4 Å². The molecule has 0 spiro atoms. The zero-order valence-electron chi connectivity index (χ0n) is 14.0. The molecule has 1 N–H and O–H groups in total. The highest BCUT2D eigenvalue weighted by molar-refractivity contribution is 7.68. The summed E-state index contributed by atoms with van der Waals surface area (Å²) >= 11 is 12.3. The van der Waals surface area contributed by atoms with Gasteiger partial charge in [0.25, 0.3) is 0 Å². The van der Waals surface area contributed by atoms with Gasteiger partial charge in [-0.15, -0.1) is 0 Å². The SMILES string of the molecule is Cc1cccc2c1NC(C)(C)c1ssc(=Nc3ccc(Cl)cc3Cl)c1-2. The molecule has 3 aromatic rings. The van der Waals surface area contributed by atoms with E-state index in [0.717, 1.165) is 10.4 Å². The minimum atomic E-state index is -0.132. The molecule has 1 aromatic heterocycles. The van der Waals surface area contributed by atoms with E-state index in [9.17, 15) is 0 Å². The van der Waals surface area contributed by atoms with Gasteiger partial charge in [-0.3, -0.25) is 0 Å². The highest BCUT2D eigenvalue weighted by Gasteiger charge is 2.34. The van der Waals surface area contributed by atoms with Crippen molar-refractivity contribution in [2.24, 2.45) is 4.99 Å². The monoisotopic (exact) mass is 406 g/mol. The van der Waals surface area contributed by atoms with Crippen molar-refractivity contribution in [3.8, 4) is 11.1 Å². The summed E-state index contributed by atoms with van der Waals surface area (Å²) in [5.41, 5.74) is 5.45. The Labute approximate surface area is 164 Å². The Morgan fingerprint density at radius 1 is 1.08 bits per heavy atom. The molecule has 25 heavy (non-hydrogen) atoms. The second kappa shape index (κ2) is 6.13. The predicted octanol–water partition coefficient (Wildman–Crippen LogP) is 6.98. The summed E-state index contributed by atoms with van der Waals surface area (Å²) in [5.74, 6) is 0. The first-order valence-electron chi connectivity index (χ1n) is 7.88. The molecule has 0 bridgehead atoms. The van der Waals surface area contributed by atoms with Gasteiger partial charge in [0.15, 0.2) is 0 Å². The smallest absolute Gasteiger partial charge is 0.135 e. The lowest BCUT2D eigenvalue weighted by Crippen LogP contribution is -2.32. The van der Waals surface area contributed by atoms with E-state index < -0.39 is 0 Å². The van der Waals surface area contributed by atoms with E-state index in [2.05, 4.69) is 44.3 Å². The maximum absolute atomic E-state index is 6.33. The molecule has 2 heterocycles. The Hall–Kier alpha value is -1.33. The summed E-state index contributed by atoms with van der Waals surface area (Å²) in [7, 11) is 3.46. The van der Waals surface area contributed by atoms with Crippen LogP contribution in [0.5, 0.6) is 0 Å². The van der Waals surface area contributed by atoms with Crippen molar-refractivity contribution in [1.29, 1.82) is 0 Å². The summed E-state index contributed by atoms with van der Waals surface area (Å²) in [6, 6.07) is 11.8. The van der Waals surface area contributed by atoms with Crippen LogP contribution in [-0.4, -0.2) is 0 Å². The molecule has 0 aliphatic carbocycles. The summed E-state index contributed by atoms with van der Waals surface area (Å²) in [6.45, 7) is 6.56. The average molecular weight is 407 g/mol. The molecule has 0 amide bonds. The number of halogens is 2. The topological polar surface area (TPSA) is 24.4 Å². The fourth-order valence-corrected chi connectivity index (χ4v) is 6.46. The molecular weight excluding hydrogens is 391 g/mol. The van der Waals surface area contributed by atoms with E-state index in [1.807, 2.05) is 12.1 Å². The predicted molar refractivity (Wildman–Crippen MR) is 111 cm³/mol. The van der Waals surface area contributed by atoms with Gasteiger partial charge >= 0.3 is 0 Å². The Bertz CT molecular complexity index is 1050. The summed E-state index contributed by atoms with van der Waals surface area (Å²) in [5, 5.41) is 4.87. The zero-order valence-corrected chi connectivity index (χ0v) is 17.1. The van der Waals surface area contributed by atoms with Gasteiger partial charge in [0.1, 0.15) is 4.67 Å². The first-order chi connectivity index (χ1) is 11.9. The third-order valence-electron chi connectivity index (χ3n) is 4.32. The lowest BCUT2D eigenvalue weighted by atomic mass is 9.88. The van der Waals surface area contributed by atoms with Gasteiger partial charge in [0.2, 0.25) is 0 Å². The maximum atomic E-state index is 6.33. The second-order valence-corrected chi connectivity index (χ2v) is 9.60. The number of nitrogens with one attached hydrogen (secondary N) is 1. The molecule has 128 valence electrons. The van der Waals surface area contributed by atoms with Crippen LogP contribution in [0.1, 0.15) is 24.3 Å².